The number of nitrogens with one attached hydrogen (secondary N) is 1. The molecule has 1 N–H and O–H groups in total. The lowest BCUT2D eigenvalue weighted by atomic mass is 9.92. The van der Waals surface area contributed by atoms with Crippen LogP contribution in [0.2, 0.25) is 0 Å². The lowest BCUT2D eigenvalue weighted by Gasteiger charge is -2.24. The molecule has 1 aromatic heterocycles. The highest BCUT2D eigenvalue weighted by Gasteiger charge is 2.16. The monoisotopic (exact) mass is 239 g/mol. The van der Waals surface area contributed by atoms with E-state index < -0.39 is 0 Å². The Hall–Kier alpha value is -1.74. The quantitative estimate of drug-likeness (QED) is 0.831. The van der Waals surface area contributed by atoms with E-state index in [9.17, 15) is 0 Å². The highest BCUT2D eigenvalue weighted by atomic mass is 15.1. The van der Waals surface area contributed by atoms with E-state index in [-0.39, 0.29) is 0 Å². The second kappa shape index (κ2) is 4.50. The van der Waals surface area contributed by atoms with Crippen molar-refractivity contribution in [2.45, 2.75) is 26.3 Å². The molecule has 1 aliphatic rings. The molecule has 0 spiro atoms. The van der Waals surface area contributed by atoms with E-state index in [1.807, 2.05) is 19.1 Å². The summed E-state index contributed by atoms with van der Waals surface area (Å²) < 4.78 is 0. The van der Waals surface area contributed by atoms with E-state index >= 15 is 0 Å². The van der Waals surface area contributed by atoms with E-state index in [4.69, 9.17) is 0 Å². The summed E-state index contributed by atoms with van der Waals surface area (Å²) in [6, 6.07) is 11.1. The minimum absolute atomic E-state index is 0.423. The van der Waals surface area contributed by atoms with Gasteiger partial charge >= 0.3 is 0 Å². The van der Waals surface area contributed by atoms with Gasteiger partial charge in [0.15, 0.2) is 0 Å². The average Bonchev–Trinajstić information content (AvgIpc) is 2.40. The molecule has 1 aromatic carbocycles. The van der Waals surface area contributed by atoms with Crippen LogP contribution in [-0.4, -0.2) is 16.7 Å². The Morgan fingerprint density at radius 3 is 2.83 bits per heavy atom. The summed E-state index contributed by atoms with van der Waals surface area (Å²) in [4.78, 5) is 0. The SMILES string of the molecule is Cc1ccc(-c2ccc3c(c2)C(C)NCC3)nn1. The van der Waals surface area contributed by atoms with Crippen LogP contribution in [0.3, 0.4) is 0 Å². The zero-order chi connectivity index (χ0) is 12.5. The fraction of sp³-hybridized carbons (Fsp3) is 0.333. The number of benzene rings is 1. The van der Waals surface area contributed by atoms with Crippen molar-refractivity contribution in [2.24, 2.45) is 0 Å². The summed E-state index contributed by atoms with van der Waals surface area (Å²) in [6.07, 6.45) is 1.11. The lowest BCUT2D eigenvalue weighted by molar-refractivity contribution is 0.541. The van der Waals surface area contributed by atoms with Crippen molar-refractivity contribution in [3.63, 3.8) is 0 Å². The van der Waals surface area contributed by atoms with Crippen LogP contribution >= 0.6 is 0 Å². The molecule has 0 fully saturated rings. The maximum absolute atomic E-state index is 4.25. The summed E-state index contributed by atoms with van der Waals surface area (Å²) in [6.45, 7) is 5.23. The number of aromatic nitrogens is 2. The number of rotatable bonds is 1. The molecule has 3 rings (SSSR count). The Labute approximate surface area is 107 Å². The number of hydrogen-bond donors (Lipinski definition) is 1. The molecule has 3 nitrogen and oxygen atoms in total. The van der Waals surface area contributed by atoms with E-state index in [0.717, 1.165) is 29.9 Å². The van der Waals surface area contributed by atoms with Crippen LogP contribution in [0, 0.1) is 6.92 Å². The van der Waals surface area contributed by atoms with Gasteiger partial charge in [0.25, 0.3) is 0 Å². The predicted molar refractivity (Wildman–Crippen MR) is 72.3 cm³/mol. The highest BCUT2D eigenvalue weighted by molar-refractivity contribution is 5.61. The minimum atomic E-state index is 0.423. The number of nitrogens with zero attached hydrogens (tertiary/aromatic N) is 2. The summed E-state index contributed by atoms with van der Waals surface area (Å²) in [5.41, 5.74) is 5.89. The van der Waals surface area contributed by atoms with Crippen molar-refractivity contribution < 1.29 is 0 Å². The van der Waals surface area contributed by atoms with Gasteiger partial charge in [-0.15, -0.1) is 0 Å². The van der Waals surface area contributed by atoms with E-state index in [2.05, 4.69) is 40.6 Å². The van der Waals surface area contributed by atoms with Gasteiger partial charge in [-0.3, -0.25) is 0 Å². The molecule has 0 aliphatic carbocycles. The van der Waals surface area contributed by atoms with Gasteiger partial charge in [0.1, 0.15) is 0 Å². The first-order chi connectivity index (χ1) is 8.74. The molecule has 0 radical (unpaired) electrons. The molecule has 0 bridgehead atoms. The standard InChI is InChI=1S/C15H17N3/c1-10-3-6-15(18-17-10)13-5-4-12-7-8-16-11(2)14(12)9-13/h3-6,9,11,16H,7-8H2,1-2H3. The summed E-state index contributed by atoms with van der Waals surface area (Å²) >= 11 is 0. The van der Waals surface area contributed by atoms with Crippen LogP contribution in [0.15, 0.2) is 30.3 Å². The van der Waals surface area contributed by atoms with Gasteiger partial charge in [0.2, 0.25) is 0 Å². The van der Waals surface area contributed by atoms with Gasteiger partial charge in [0, 0.05) is 11.6 Å². The molecule has 1 aliphatic heterocycles. The molecular formula is C15H17N3. The predicted octanol–water partition coefficient (Wildman–Crippen LogP) is 2.66. The fourth-order valence-corrected chi connectivity index (χ4v) is 2.47. The van der Waals surface area contributed by atoms with Crippen molar-refractivity contribution in [2.75, 3.05) is 6.54 Å². The maximum Gasteiger partial charge on any atom is 0.0929 e. The molecule has 2 aromatic rings. The van der Waals surface area contributed by atoms with Crippen molar-refractivity contribution in [1.82, 2.24) is 15.5 Å². The smallest absolute Gasteiger partial charge is 0.0929 e. The number of fused-ring (bicyclic) bond motifs is 1. The summed E-state index contributed by atoms with van der Waals surface area (Å²) in [7, 11) is 0. The minimum Gasteiger partial charge on any atom is -0.310 e. The van der Waals surface area contributed by atoms with Crippen molar-refractivity contribution >= 4 is 0 Å². The van der Waals surface area contributed by atoms with Gasteiger partial charge in [0.05, 0.1) is 11.4 Å². The third-order valence-electron chi connectivity index (χ3n) is 3.55. The first-order valence-electron chi connectivity index (χ1n) is 6.41. The van der Waals surface area contributed by atoms with Crippen LogP contribution < -0.4 is 5.32 Å². The highest BCUT2D eigenvalue weighted by Crippen LogP contribution is 2.27. The van der Waals surface area contributed by atoms with Gasteiger partial charge in [-0.1, -0.05) is 12.1 Å². The zero-order valence-electron chi connectivity index (χ0n) is 10.8. The fourth-order valence-electron chi connectivity index (χ4n) is 2.47. The Kier molecular flexibility index (Phi) is 2.84. The van der Waals surface area contributed by atoms with E-state index in [1.165, 1.54) is 11.1 Å². The summed E-state index contributed by atoms with van der Waals surface area (Å²) in [5, 5.41) is 11.9. The van der Waals surface area contributed by atoms with Crippen molar-refractivity contribution in [1.29, 1.82) is 0 Å². The first kappa shape index (κ1) is 11.4. The second-order valence-electron chi connectivity index (χ2n) is 4.90. The topological polar surface area (TPSA) is 37.8 Å². The Balaban J connectivity index is 2.03. The third-order valence-corrected chi connectivity index (χ3v) is 3.55. The normalized spacial score (nSPS) is 18.4. The first-order valence-corrected chi connectivity index (χ1v) is 6.41. The molecule has 0 saturated carbocycles. The molecular weight excluding hydrogens is 222 g/mol. The second-order valence-corrected chi connectivity index (χ2v) is 4.90. The number of hydrogen-bond acceptors (Lipinski definition) is 3. The van der Waals surface area contributed by atoms with Gasteiger partial charge in [-0.2, -0.15) is 10.2 Å². The number of aryl methyl sites for hydroxylation is 1. The van der Waals surface area contributed by atoms with Crippen LogP contribution in [0.1, 0.15) is 29.8 Å². The van der Waals surface area contributed by atoms with Crippen LogP contribution in [0.4, 0.5) is 0 Å². The molecule has 2 heterocycles. The molecule has 0 amide bonds. The summed E-state index contributed by atoms with van der Waals surface area (Å²) in [5.74, 6) is 0. The Bertz CT molecular complexity index is 560. The molecule has 0 saturated heterocycles. The lowest BCUT2D eigenvalue weighted by Crippen LogP contribution is -2.27. The molecule has 3 heteroatoms. The molecule has 18 heavy (non-hydrogen) atoms. The molecule has 1 unspecified atom stereocenters. The van der Waals surface area contributed by atoms with Gasteiger partial charge in [-0.05, 0) is 56.1 Å². The maximum atomic E-state index is 4.25. The van der Waals surface area contributed by atoms with Crippen LogP contribution in [-0.2, 0) is 6.42 Å². The van der Waals surface area contributed by atoms with Gasteiger partial charge < -0.3 is 5.32 Å². The third kappa shape index (κ3) is 2.02. The molecule has 92 valence electrons. The van der Waals surface area contributed by atoms with Crippen LogP contribution in [0.5, 0.6) is 0 Å². The van der Waals surface area contributed by atoms with Crippen molar-refractivity contribution in [3.05, 3.63) is 47.2 Å². The van der Waals surface area contributed by atoms with Crippen LogP contribution in [0.25, 0.3) is 11.3 Å². The van der Waals surface area contributed by atoms with Crippen molar-refractivity contribution in [3.8, 4) is 11.3 Å². The average molecular weight is 239 g/mol. The van der Waals surface area contributed by atoms with Gasteiger partial charge in [-0.25, -0.2) is 0 Å². The molecule has 1 atom stereocenters. The Morgan fingerprint density at radius 2 is 2.06 bits per heavy atom. The van der Waals surface area contributed by atoms with E-state index in [1.54, 1.807) is 0 Å². The zero-order valence-corrected chi connectivity index (χ0v) is 10.8. The largest absolute Gasteiger partial charge is 0.310 e. The van der Waals surface area contributed by atoms with E-state index in [0.29, 0.717) is 6.04 Å². The Morgan fingerprint density at radius 1 is 1.17 bits per heavy atom.